The van der Waals surface area contributed by atoms with Gasteiger partial charge in [-0.15, -0.1) is 11.3 Å². The number of benzene rings is 1. The van der Waals surface area contributed by atoms with Crippen molar-refractivity contribution < 1.29 is 14.3 Å². The third-order valence-electron chi connectivity index (χ3n) is 2.10. The molecule has 1 aromatic heterocycles. The summed E-state index contributed by atoms with van der Waals surface area (Å²) in [6.07, 6.45) is 1.67. The van der Waals surface area contributed by atoms with Gasteiger partial charge in [-0.1, -0.05) is 0 Å². The van der Waals surface area contributed by atoms with Crippen molar-refractivity contribution in [3.63, 3.8) is 0 Å². The van der Waals surface area contributed by atoms with Gasteiger partial charge in [0, 0.05) is 11.9 Å². The molecule has 1 aromatic carbocycles. The van der Waals surface area contributed by atoms with Crippen LogP contribution < -0.4 is 10.5 Å². The van der Waals surface area contributed by atoms with E-state index in [1.165, 1.54) is 11.3 Å². The van der Waals surface area contributed by atoms with E-state index < -0.39 is 5.97 Å². The number of rotatable bonds is 5. The van der Waals surface area contributed by atoms with E-state index in [4.69, 9.17) is 15.2 Å². The molecule has 0 saturated carbocycles. The number of hydrogen-bond acceptors (Lipinski definition) is 6. The number of nitrogens with two attached hydrogens (primary N) is 1. The summed E-state index contributed by atoms with van der Waals surface area (Å²) >= 11 is 1.44. The Morgan fingerprint density at radius 1 is 1.33 bits per heavy atom. The molecule has 0 aliphatic heterocycles. The Bertz CT molecular complexity index is 497. The Morgan fingerprint density at radius 3 is 2.78 bits per heavy atom. The molecule has 0 unspecified atom stereocenters. The number of thiazole rings is 1. The number of nitrogen functional groups attached to an aromatic ring is 1. The van der Waals surface area contributed by atoms with Crippen molar-refractivity contribution in [3.8, 4) is 5.75 Å². The summed E-state index contributed by atoms with van der Waals surface area (Å²) < 4.78 is 10.3. The SMILES string of the molecule is Nc1ccc(OCC(=O)OCc2cncs2)cc1. The molecule has 0 saturated heterocycles. The first kappa shape index (κ1) is 12.4. The van der Waals surface area contributed by atoms with E-state index in [0.29, 0.717) is 11.4 Å². The maximum absolute atomic E-state index is 11.4. The topological polar surface area (TPSA) is 74.4 Å². The molecule has 0 aliphatic carbocycles. The fourth-order valence-corrected chi connectivity index (χ4v) is 1.72. The van der Waals surface area contributed by atoms with Crippen LogP contribution in [0.5, 0.6) is 5.75 Å². The Morgan fingerprint density at radius 2 is 2.11 bits per heavy atom. The lowest BCUT2D eigenvalue weighted by Crippen LogP contribution is -2.14. The smallest absolute Gasteiger partial charge is 0.344 e. The zero-order chi connectivity index (χ0) is 12.8. The van der Waals surface area contributed by atoms with Crippen LogP contribution in [-0.2, 0) is 16.1 Å². The molecule has 5 nitrogen and oxygen atoms in total. The second-order valence-electron chi connectivity index (χ2n) is 3.49. The largest absolute Gasteiger partial charge is 0.482 e. The van der Waals surface area contributed by atoms with E-state index >= 15 is 0 Å². The van der Waals surface area contributed by atoms with Gasteiger partial charge >= 0.3 is 5.97 Å². The van der Waals surface area contributed by atoms with Gasteiger partial charge in [0.05, 0.1) is 10.4 Å². The van der Waals surface area contributed by atoms with Gasteiger partial charge in [-0.2, -0.15) is 0 Å². The first-order valence-electron chi connectivity index (χ1n) is 5.25. The second kappa shape index (κ2) is 6.02. The summed E-state index contributed by atoms with van der Waals surface area (Å²) in [4.78, 5) is 16.2. The van der Waals surface area contributed by atoms with Crippen LogP contribution >= 0.6 is 11.3 Å². The lowest BCUT2D eigenvalue weighted by Gasteiger charge is -2.06. The van der Waals surface area contributed by atoms with Gasteiger partial charge in [0.2, 0.25) is 0 Å². The highest BCUT2D eigenvalue weighted by atomic mass is 32.1. The molecule has 2 N–H and O–H groups in total. The van der Waals surface area contributed by atoms with Crippen molar-refractivity contribution in [1.29, 1.82) is 0 Å². The van der Waals surface area contributed by atoms with Crippen molar-refractivity contribution in [2.45, 2.75) is 6.61 Å². The number of aromatic nitrogens is 1. The molecule has 1 heterocycles. The highest BCUT2D eigenvalue weighted by Gasteiger charge is 2.05. The highest BCUT2D eigenvalue weighted by molar-refractivity contribution is 7.09. The summed E-state index contributed by atoms with van der Waals surface area (Å²) in [5.74, 6) is 0.166. The van der Waals surface area contributed by atoms with Gasteiger partial charge in [0.25, 0.3) is 0 Å². The third-order valence-corrected chi connectivity index (χ3v) is 2.85. The highest BCUT2D eigenvalue weighted by Crippen LogP contribution is 2.13. The summed E-state index contributed by atoms with van der Waals surface area (Å²) in [5, 5.41) is 0. The number of ether oxygens (including phenoxy) is 2. The van der Waals surface area contributed by atoms with Crippen LogP contribution in [0, 0.1) is 0 Å². The lowest BCUT2D eigenvalue weighted by atomic mass is 10.3. The van der Waals surface area contributed by atoms with Gasteiger partial charge in [-0.3, -0.25) is 4.98 Å². The molecule has 0 atom stereocenters. The molecule has 18 heavy (non-hydrogen) atoms. The van der Waals surface area contributed by atoms with Crippen LogP contribution in [0.2, 0.25) is 0 Å². The number of hydrogen-bond donors (Lipinski definition) is 1. The summed E-state index contributed by atoms with van der Waals surface area (Å²) in [6, 6.07) is 6.81. The van der Waals surface area contributed by atoms with E-state index in [2.05, 4.69) is 4.98 Å². The molecule has 2 aromatic rings. The fourth-order valence-electron chi connectivity index (χ4n) is 1.21. The number of esters is 1. The molecule has 2 rings (SSSR count). The van der Waals surface area contributed by atoms with Gasteiger partial charge in [-0.05, 0) is 24.3 Å². The summed E-state index contributed by atoms with van der Waals surface area (Å²) in [6.45, 7) is 0.108. The number of nitrogens with zero attached hydrogens (tertiary/aromatic N) is 1. The zero-order valence-corrected chi connectivity index (χ0v) is 10.4. The Balaban J connectivity index is 1.73. The van der Waals surface area contributed by atoms with Crippen LogP contribution in [0.15, 0.2) is 36.0 Å². The van der Waals surface area contributed by atoms with Gasteiger partial charge < -0.3 is 15.2 Å². The minimum absolute atomic E-state index is 0.122. The quantitative estimate of drug-likeness (QED) is 0.659. The van der Waals surface area contributed by atoms with Crippen LogP contribution in [0.3, 0.4) is 0 Å². The van der Waals surface area contributed by atoms with E-state index in [0.717, 1.165) is 4.88 Å². The predicted octanol–water partition coefficient (Wildman–Crippen LogP) is 1.85. The normalized spacial score (nSPS) is 10.0. The predicted molar refractivity (Wildman–Crippen MR) is 68.3 cm³/mol. The minimum Gasteiger partial charge on any atom is -0.482 e. The van der Waals surface area contributed by atoms with Crippen molar-refractivity contribution in [3.05, 3.63) is 40.8 Å². The van der Waals surface area contributed by atoms with E-state index in [-0.39, 0.29) is 13.2 Å². The fraction of sp³-hybridized carbons (Fsp3) is 0.167. The summed E-state index contributed by atoms with van der Waals surface area (Å²) in [5.41, 5.74) is 7.87. The molecule has 0 fully saturated rings. The molecular formula is C12H12N2O3S. The van der Waals surface area contributed by atoms with Crippen molar-refractivity contribution in [1.82, 2.24) is 4.98 Å². The van der Waals surface area contributed by atoms with Gasteiger partial charge in [0.15, 0.2) is 6.61 Å². The Labute approximate surface area is 108 Å². The number of carbonyl (C=O) groups is 1. The van der Waals surface area contributed by atoms with Crippen molar-refractivity contribution in [2.75, 3.05) is 12.3 Å². The average Bonchev–Trinajstić information content (AvgIpc) is 2.89. The van der Waals surface area contributed by atoms with Crippen LogP contribution in [0.25, 0.3) is 0 Å². The molecule has 0 spiro atoms. The van der Waals surface area contributed by atoms with Gasteiger partial charge in [0.1, 0.15) is 12.4 Å². The summed E-state index contributed by atoms with van der Waals surface area (Å²) in [7, 11) is 0. The number of carbonyl (C=O) groups excluding carboxylic acids is 1. The van der Waals surface area contributed by atoms with Crippen LogP contribution in [0.4, 0.5) is 5.69 Å². The molecule has 94 valence electrons. The Hall–Kier alpha value is -2.08. The molecule has 0 amide bonds. The molecule has 0 aliphatic rings. The first-order valence-corrected chi connectivity index (χ1v) is 6.13. The number of anilines is 1. The molecule has 0 bridgehead atoms. The zero-order valence-electron chi connectivity index (χ0n) is 9.54. The molecule has 6 heteroatoms. The maximum Gasteiger partial charge on any atom is 0.344 e. The standard InChI is InChI=1S/C12H12N2O3S/c13-9-1-3-10(4-2-9)16-7-12(15)17-6-11-5-14-8-18-11/h1-5,8H,6-7,13H2. The average molecular weight is 264 g/mol. The minimum atomic E-state index is -0.416. The van der Waals surface area contributed by atoms with Gasteiger partial charge in [-0.25, -0.2) is 4.79 Å². The van der Waals surface area contributed by atoms with E-state index in [9.17, 15) is 4.79 Å². The first-order chi connectivity index (χ1) is 8.74. The van der Waals surface area contributed by atoms with Crippen LogP contribution in [-0.4, -0.2) is 17.6 Å². The second-order valence-corrected chi connectivity index (χ2v) is 4.46. The monoisotopic (exact) mass is 264 g/mol. The Kier molecular flexibility index (Phi) is 4.14. The third kappa shape index (κ3) is 3.74. The maximum atomic E-state index is 11.4. The van der Waals surface area contributed by atoms with Crippen LogP contribution in [0.1, 0.15) is 4.88 Å². The molecular weight excluding hydrogens is 252 g/mol. The van der Waals surface area contributed by atoms with Crippen molar-refractivity contribution >= 4 is 23.0 Å². The molecule has 0 radical (unpaired) electrons. The van der Waals surface area contributed by atoms with Crippen molar-refractivity contribution in [2.24, 2.45) is 0 Å². The van der Waals surface area contributed by atoms with E-state index in [1.807, 2.05) is 0 Å². The lowest BCUT2D eigenvalue weighted by molar-refractivity contribution is -0.147. The van der Waals surface area contributed by atoms with E-state index in [1.54, 1.807) is 36.0 Å².